The maximum Gasteiger partial charge on any atom is 0.159 e. The average molecular weight is 289 g/mol. The van der Waals surface area contributed by atoms with Gasteiger partial charge in [-0.05, 0) is 37.0 Å². The van der Waals surface area contributed by atoms with Gasteiger partial charge in [0.1, 0.15) is 0 Å². The van der Waals surface area contributed by atoms with Crippen LogP contribution in [0.1, 0.15) is 24.8 Å². The molecule has 2 unspecified atom stereocenters. The van der Waals surface area contributed by atoms with E-state index < -0.39 is 11.6 Å². The van der Waals surface area contributed by atoms with Gasteiger partial charge in [0.2, 0.25) is 0 Å². The van der Waals surface area contributed by atoms with Crippen LogP contribution in [0, 0.1) is 11.6 Å². The first-order chi connectivity index (χ1) is 8.70. The molecule has 1 aromatic rings. The highest BCUT2D eigenvalue weighted by molar-refractivity contribution is 5.85. The molecule has 0 radical (unpaired) electrons. The molecule has 2 saturated heterocycles. The van der Waals surface area contributed by atoms with E-state index in [-0.39, 0.29) is 12.4 Å². The molecule has 2 nitrogen and oxygen atoms in total. The molecular weight excluding hydrogens is 270 g/mol. The first-order valence-corrected chi connectivity index (χ1v) is 6.63. The number of fused-ring (bicyclic) bond motifs is 2. The summed E-state index contributed by atoms with van der Waals surface area (Å²) in [7, 11) is 0. The van der Waals surface area contributed by atoms with Crippen molar-refractivity contribution < 1.29 is 8.78 Å². The van der Waals surface area contributed by atoms with Gasteiger partial charge in [-0.2, -0.15) is 0 Å². The summed E-state index contributed by atoms with van der Waals surface area (Å²) < 4.78 is 26.0. The number of halogens is 3. The molecule has 0 aromatic heterocycles. The Morgan fingerprint density at radius 3 is 2.68 bits per heavy atom. The molecule has 3 rings (SSSR count). The zero-order valence-electron chi connectivity index (χ0n) is 10.7. The third-order valence-electron chi connectivity index (χ3n) is 4.00. The Morgan fingerprint density at radius 2 is 1.89 bits per heavy atom. The Hall–Kier alpha value is -0.710. The van der Waals surface area contributed by atoms with Crippen molar-refractivity contribution in [3.05, 3.63) is 35.4 Å². The molecule has 0 amide bonds. The van der Waals surface area contributed by atoms with Gasteiger partial charge in [-0.3, -0.25) is 4.90 Å². The lowest BCUT2D eigenvalue weighted by Gasteiger charge is -2.24. The Labute approximate surface area is 118 Å². The first kappa shape index (κ1) is 14.7. The molecule has 2 bridgehead atoms. The van der Waals surface area contributed by atoms with Crippen molar-refractivity contribution in [1.82, 2.24) is 10.2 Å². The smallest absolute Gasteiger partial charge is 0.159 e. The van der Waals surface area contributed by atoms with Gasteiger partial charge in [0.25, 0.3) is 0 Å². The molecular formula is C14H19ClF2N2. The van der Waals surface area contributed by atoms with E-state index in [1.165, 1.54) is 25.0 Å². The van der Waals surface area contributed by atoms with Gasteiger partial charge in [0.15, 0.2) is 11.6 Å². The molecule has 19 heavy (non-hydrogen) atoms. The van der Waals surface area contributed by atoms with Crippen LogP contribution < -0.4 is 5.32 Å². The second-order valence-corrected chi connectivity index (χ2v) is 5.41. The Kier molecular flexibility index (Phi) is 4.76. The summed E-state index contributed by atoms with van der Waals surface area (Å²) in [6.45, 7) is 2.75. The number of rotatable bonds is 2. The normalized spacial score (nSPS) is 26.8. The zero-order chi connectivity index (χ0) is 12.5. The number of nitrogens with one attached hydrogen (secondary N) is 1. The summed E-state index contributed by atoms with van der Waals surface area (Å²) in [4.78, 5) is 2.34. The van der Waals surface area contributed by atoms with Gasteiger partial charge in [-0.1, -0.05) is 6.07 Å². The SMILES string of the molecule is Cl.Fc1ccc(CN2CCC3CCC(C2)N3)cc1F. The maximum atomic E-state index is 13.2. The molecule has 0 aliphatic carbocycles. The van der Waals surface area contributed by atoms with Crippen molar-refractivity contribution in [2.45, 2.75) is 37.9 Å². The highest BCUT2D eigenvalue weighted by Crippen LogP contribution is 2.21. The topological polar surface area (TPSA) is 15.3 Å². The van der Waals surface area contributed by atoms with E-state index in [0.29, 0.717) is 18.6 Å². The molecule has 2 heterocycles. The Balaban J connectivity index is 0.00000133. The number of hydrogen-bond donors (Lipinski definition) is 1. The molecule has 106 valence electrons. The van der Waals surface area contributed by atoms with Crippen molar-refractivity contribution in [1.29, 1.82) is 0 Å². The van der Waals surface area contributed by atoms with Crippen LogP contribution in [-0.2, 0) is 6.54 Å². The van der Waals surface area contributed by atoms with E-state index in [1.54, 1.807) is 6.07 Å². The molecule has 1 N–H and O–H groups in total. The van der Waals surface area contributed by atoms with E-state index in [2.05, 4.69) is 10.2 Å². The van der Waals surface area contributed by atoms with Gasteiger partial charge in [-0.25, -0.2) is 8.78 Å². The number of nitrogens with zero attached hydrogens (tertiary/aromatic N) is 1. The molecule has 2 fully saturated rings. The summed E-state index contributed by atoms with van der Waals surface area (Å²) in [6, 6.07) is 5.43. The van der Waals surface area contributed by atoms with Crippen molar-refractivity contribution in [3.63, 3.8) is 0 Å². The van der Waals surface area contributed by atoms with Crippen LogP contribution in [0.4, 0.5) is 8.78 Å². The minimum Gasteiger partial charge on any atom is -0.310 e. The van der Waals surface area contributed by atoms with Crippen molar-refractivity contribution in [2.75, 3.05) is 13.1 Å². The van der Waals surface area contributed by atoms with Crippen LogP contribution in [0.3, 0.4) is 0 Å². The largest absolute Gasteiger partial charge is 0.310 e. The molecule has 0 spiro atoms. The summed E-state index contributed by atoms with van der Waals surface area (Å²) in [6.07, 6.45) is 3.67. The second-order valence-electron chi connectivity index (χ2n) is 5.41. The van der Waals surface area contributed by atoms with Crippen LogP contribution in [0.25, 0.3) is 0 Å². The number of likely N-dealkylation sites (tertiary alicyclic amines) is 1. The highest BCUT2D eigenvalue weighted by atomic mass is 35.5. The second kappa shape index (κ2) is 6.16. The molecule has 0 saturated carbocycles. The van der Waals surface area contributed by atoms with E-state index >= 15 is 0 Å². The monoisotopic (exact) mass is 288 g/mol. The lowest BCUT2D eigenvalue weighted by Crippen LogP contribution is -2.34. The van der Waals surface area contributed by atoms with E-state index in [0.717, 1.165) is 25.1 Å². The fourth-order valence-electron chi connectivity index (χ4n) is 3.06. The lowest BCUT2D eigenvalue weighted by molar-refractivity contribution is 0.250. The van der Waals surface area contributed by atoms with Crippen LogP contribution in [0.15, 0.2) is 18.2 Å². The third kappa shape index (κ3) is 3.44. The fourth-order valence-corrected chi connectivity index (χ4v) is 3.06. The molecule has 2 aliphatic rings. The summed E-state index contributed by atoms with van der Waals surface area (Å²) in [5, 5.41) is 3.61. The van der Waals surface area contributed by atoms with Gasteiger partial charge in [-0.15, -0.1) is 12.4 Å². The van der Waals surface area contributed by atoms with Crippen LogP contribution in [0.5, 0.6) is 0 Å². The minimum atomic E-state index is -0.768. The third-order valence-corrected chi connectivity index (χ3v) is 4.00. The lowest BCUT2D eigenvalue weighted by atomic mass is 10.1. The standard InChI is InChI=1S/C14H18F2N2.ClH/c15-13-4-1-10(7-14(13)16)8-18-6-5-11-2-3-12(9-18)17-11;/h1,4,7,11-12,17H,2-3,5-6,8-9H2;1H. The summed E-state index contributed by atoms with van der Waals surface area (Å²) in [5.74, 6) is -1.52. The predicted molar refractivity (Wildman–Crippen MR) is 73.4 cm³/mol. The molecule has 2 aliphatic heterocycles. The summed E-state index contributed by atoms with van der Waals surface area (Å²) >= 11 is 0. The predicted octanol–water partition coefficient (Wildman–Crippen LogP) is 2.71. The van der Waals surface area contributed by atoms with Crippen molar-refractivity contribution in [3.8, 4) is 0 Å². The van der Waals surface area contributed by atoms with Gasteiger partial charge >= 0.3 is 0 Å². The van der Waals surface area contributed by atoms with Crippen molar-refractivity contribution in [2.24, 2.45) is 0 Å². The maximum absolute atomic E-state index is 13.2. The number of hydrogen-bond acceptors (Lipinski definition) is 2. The van der Waals surface area contributed by atoms with Crippen molar-refractivity contribution >= 4 is 12.4 Å². The molecule has 1 aromatic carbocycles. The summed E-state index contributed by atoms with van der Waals surface area (Å²) in [5.41, 5.74) is 0.853. The van der Waals surface area contributed by atoms with Crippen LogP contribution in [-0.4, -0.2) is 30.1 Å². The van der Waals surface area contributed by atoms with Gasteiger partial charge in [0.05, 0.1) is 0 Å². The molecule has 2 atom stereocenters. The van der Waals surface area contributed by atoms with E-state index in [1.807, 2.05) is 0 Å². The Morgan fingerprint density at radius 1 is 1.11 bits per heavy atom. The minimum absolute atomic E-state index is 0. The fraction of sp³-hybridized carbons (Fsp3) is 0.571. The number of benzene rings is 1. The van der Waals surface area contributed by atoms with Crippen LogP contribution >= 0.6 is 12.4 Å². The molecule has 5 heteroatoms. The van der Waals surface area contributed by atoms with E-state index in [9.17, 15) is 8.78 Å². The Bertz CT molecular complexity index is 441. The van der Waals surface area contributed by atoms with E-state index in [4.69, 9.17) is 0 Å². The quantitative estimate of drug-likeness (QED) is 0.900. The highest BCUT2D eigenvalue weighted by Gasteiger charge is 2.29. The average Bonchev–Trinajstić information content (AvgIpc) is 2.68. The van der Waals surface area contributed by atoms with Gasteiger partial charge in [0, 0.05) is 31.7 Å². The van der Waals surface area contributed by atoms with Crippen LogP contribution in [0.2, 0.25) is 0 Å². The zero-order valence-corrected chi connectivity index (χ0v) is 11.6. The van der Waals surface area contributed by atoms with Gasteiger partial charge < -0.3 is 5.32 Å². The first-order valence-electron chi connectivity index (χ1n) is 6.63.